The van der Waals surface area contributed by atoms with E-state index in [1.54, 1.807) is 0 Å². The average Bonchev–Trinajstić information content (AvgIpc) is 3.28. The van der Waals surface area contributed by atoms with Crippen molar-refractivity contribution in [3.8, 4) is 0 Å². The minimum Gasteiger partial charge on any atom is -0.356 e. The van der Waals surface area contributed by atoms with Crippen molar-refractivity contribution in [2.75, 3.05) is 53.4 Å². The third-order valence-electron chi connectivity index (χ3n) is 13.7. The van der Waals surface area contributed by atoms with Crippen LogP contribution >= 0.6 is 0 Å². The van der Waals surface area contributed by atoms with E-state index in [4.69, 9.17) is 0 Å². The normalized spacial score (nSPS) is 42.5. The van der Waals surface area contributed by atoms with Crippen molar-refractivity contribution in [2.24, 2.45) is 39.9 Å². The highest BCUT2D eigenvalue weighted by molar-refractivity contribution is 5.75. The van der Waals surface area contributed by atoms with Crippen LogP contribution < -0.4 is 5.32 Å². The smallest absolute Gasteiger partial charge is 0.219 e. The Balaban J connectivity index is 1.09. The maximum Gasteiger partial charge on any atom is 0.219 e. The summed E-state index contributed by atoms with van der Waals surface area (Å²) in [6.07, 6.45) is 20.8. The van der Waals surface area contributed by atoms with Gasteiger partial charge < -0.3 is 9.80 Å². The van der Waals surface area contributed by atoms with Crippen molar-refractivity contribution in [1.29, 1.82) is 0 Å². The number of nitrogens with zero attached hydrogens (tertiary/aromatic N) is 2. The van der Waals surface area contributed by atoms with Gasteiger partial charge in [0.05, 0.1) is 26.7 Å². The third kappa shape index (κ3) is 5.15. The fourth-order valence-corrected chi connectivity index (χ4v) is 10.8. The number of piperazine rings is 1. The lowest BCUT2D eigenvalue weighted by molar-refractivity contribution is -0.913. The van der Waals surface area contributed by atoms with Gasteiger partial charge in [0.2, 0.25) is 5.91 Å². The van der Waals surface area contributed by atoms with E-state index in [1.165, 1.54) is 103 Å². The molecule has 0 radical (unpaired) electrons. The number of hydrogen-bond acceptors (Lipinski definition) is 2. The molecule has 0 aromatic carbocycles. The van der Waals surface area contributed by atoms with E-state index in [2.05, 4.69) is 50.8 Å². The van der Waals surface area contributed by atoms with E-state index in [0.717, 1.165) is 47.5 Å². The maximum absolute atomic E-state index is 12.7. The average molecular weight is 527 g/mol. The minimum absolute atomic E-state index is 0.272. The first-order chi connectivity index (χ1) is 18.1. The number of rotatable bonds is 9. The monoisotopic (exact) mass is 526 g/mol. The summed E-state index contributed by atoms with van der Waals surface area (Å²) in [4.78, 5) is 15.1. The van der Waals surface area contributed by atoms with Gasteiger partial charge in [0.25, 0.3) is 0 Å². The molecular weight excluding hydrogens is 466 g/mol. The van der Waals surface area contributed by atoms with E-state index in [1.807, 2.05) is 0 Å². The number of hydrogen-bond donors (Lipinski definition) is 1. The van der Waals surface area contributed by atoms with Gasteiger partial charge in [0.15, 0.2) is 0 Å². The molecule has 4 saturated carbocycles. The molecule has 1 aliphatic heterocycles. The molecule has 4 aliphatic carbocycles. The van der Waals surface area contributed by atoms with Crippen LogP contribution in [0.3, 0.4) is 0 Å². The largest absolute Gasteiger partial charge is 0.356 e. The molecule has 0 spiro atoms. The molecule has 1 heterocycles. The molecule has 5 aliphatic rings. The first kappa shape index (κ1) is 28.7. The molecule has 1 saturated heterocycles. The summed E-state index contributed by atoms with van der Waals surface area (Å²) in [5.41, 5.74) is 1.48. The predicted molar refractivity (Wildman–Crippen MR) is 159 cm³/mol. The Morgan fingerprint density at radius 3 is 2.53 bits per heavy atom. The summed E-state index contributed by atoms with van der Waals surface area (Å²) in [5, 5.41) is 3.25. The molecular formula is C34H60N3O+. The molecule has 1 amide bonds. The Hall–Kier alpha value is -0.870. The van der Waals surface area contributed by atoms with Crippen LogP contribution in [0.25, 0.3) is 0 Å². The second kappa shape index (κ2) is 11.2. The van der Waals surface area contributed by atoms with Gasteiger partial charge in [0.1, 0.15) is 0 Å². The predicted octanol–water partition coefficient (Wildman–Crippen LogP) is 6.66. The van der Waals surface area contributed by atoms with Gasteiger partial charge in [-0.3, -0.25) is 9.69 Å². The number of carbonyl (C=O) groups is 1. The Bertz CT molecular complexity index is 849. The van der Waals surface area contributed by atoms with E-state index in [9.17, 15) is 4.79 Å². The summed E-state index contributed by atoms with van der Waals surface area (Å²) < 4.78 is 1.16. The van der Waals surface area contributed by atoms with Crippen molar-refractivity contribution in [1.82, 2.24) is 10.2 Å². The molecule has 38 heavy (non-hydrogen) atoms. The SMILES string of the molecule is C=C[C@]12CCC3[C@@H](CC[C@]4(C)CCCC[C@]34C)C1CC[C@@H]2CCCC(=O)NCCC[N+]1(C)CCN(C)CC1. The lowest BCUT2D eigenvalue weighted by atomic mass is 9.40. The van der Waals surface area contributed by atoms with Gasteiger partial charge in [-0.05, 0) is 111 Å². The molecule has 1 N–H and O–H groups in total. The topological polar surface area (TPSA) is 32.3 Å². The Morgan fingerprint density at radius 2 is 1.76 bits per heavy atom. The second-order valence-electron chi connectivity index (χ2n) is 15.4. The number of likely N-dealkylation sites (N-methyl/N-ethyl adjacent to an activating group) is 2. The van der Waals surface area contributed by atoms with Crippen molar-refractivity contribution in [3.05, 3.63) is 12.7 Å². The molecule has 4 nitrogen and oxygen atoms in total. The number of nitrogens with one attached hydrogen (secondary N) is 1. The van der Waals surface area contributed by atoms with Gasteiger partial charge in [-0.1, -0.05) is 32.8 Å². The van der Waals surface area contributed by atoms with Gasteiger partial charge in [-0.2, -0.15) is 0 Å². The highest BCUT2D eigenvalue weighted by Crippen LogP contribution is 2.71. The molecule has 5 fully saturated rings. The van der Waals surface area contributed by atoms with Crippen LogP contribution in [0.2, 0.25) is 0 Å². The summed E-state index contributed by atoms with van der Waals surface area (Å²) >= 11 is 0. The number of fused-ring (bicyclic) bond motifs is 5. The van der Waals surface area contributed by atoms with Crippen LogP contribution in [0.1, 0.15) is 104 Å². The molecule has 7 atom stereocenters. The highest BCUT2D eigenvalue weighted by atomic mass is 16.1. The van der Waals surface area contributed by atoms with Crippen LogP contribution in [-0.4, -0.2) is 68.7 Å². The zero-order valence-corrected chi connectivity index (χ0v) is 25.5. The van der Waals surface area contributed by atoms with Gasteiger partial charge >= 0.3 is 0 Å². The van der Waals surface area contributed by atoms with E-state index >= 15 is 0 Å². The first-order valence-corrected chi connectivity index (χ1v) is 16.6. The van der Waals surface area contributed by atoms with Crippen molar-refractivity contribution in [2.45, 2.75) is 104 Å². The van der Waals surface area contributed by atoms with Crippen LogP contribution in [-0.2, 0) is 4.79 Å². The zero-order chi connectivity index (χ0) is 27.0. The van der Waals surface area contributed by atoms with Crippen LogP contribution in [0.15, 0.2) is 12.7 Å². The maximum atomic E-state index is 12.7. The van der Waals surface area contributed by atoms with Gasteiger partial charge in [-0.25, -0.2) is 0 Å². The Labute approximate surface area is 235 Å². The first-order valence-electron chi connectivity index (χ1n) is 16.6. The quantitative estimate of drug-likeness (QED) is 0.207. The third-order valence-corrected chi connectivity index (χ3v) is 13.7. The Kier molecular flexibility index (Phi) is 8.44. The number of allylic oxidation sites excluding steroid dienone is 1. The Morgan fingerprint density at radius 1 is 1.00 bits per heavy atom. The van der Waals surface area contributed by atoms with E-state index < -0.39 is 0 Å². The number of amides is 1. The van der Waals surface area contributed by atoms with Crippen molar-refractivity contribution >= 4 is 5.91 Å². The van der Waals surface area contributed by atoms with E-state index in [0.29, 0.717) is 22.7 Å². The number of quaternary nitrogens is 1. The van der Waals surface area contributed by atoms with Crippen molar-refractivity contribution < 1.29 is 9.28 Å². The van der Waals surface area contributed by atoms with Gasteiger partial charge in [0, 0.05) is 32.5 Å². The summed E-state index contributed by atoms with van der Waals surface area (Å²) in [7, 11) is 4.60. The second-order valence-corrected chi connectivity index (χ2v) is 15.4. The lowest BCUT2D eigenvalue weighted by Crippen LogP contribution is -2.56. The fraction of sp³-hybridized carbons (Fsp3) is 0.912. The fourth-order valence-electron chi connectivity index (χ4n) is 10.8. The molecule has 0 aromatic heterocycles. The summed E-state index contributed by atoms with van der Waals surface area (Å²) in [6.45, 7) is 16.7. The van der Waals surface area contributed by atoms with Crippen molar-refractivity contribution in [3.63, 3.8) is 0 Å². The van der Waals surface area contributed by atoms with Crippen LogP contribution in [0.4, 0.5) is 0 Å². The highest BCUT2D eigenvalue weighted by Gasteiger charge is 2.62. The molecule has 0 bridgehead atoms. The lowest BCUT2D eigenvalue weighted by Gasteiger charge is -2.64. The van der Waals surface area contributed by atoms with Gasteiger partial charge in [-0.15, -0.1) is 6.58 Å². The standard InChI is InChI=1S/C34H59N3O/c1-6-34-20-16-29-28(15-19-32(2)17-7-8-18-33(29,32)3)30(34)14-13-27(34)11-9-12-31(38)35-21-10-24-37(5)25-22-36(4)23-26-37/h6,27-30H,1,7-26H2,2-5H3/p+1/t27-,28+,29?,30?,32-,33+,34+/m0/s1. The number of carbonyl (C=O) groups excluding carboxylic acids is 1. The molecule has 0 aromatic rings. The molecule has 2 unspecified atom stereocenters. The summed E-state index contributed by atoms with van der Waals surface area (Å²) in [5.74, 6) is 3.71. The van der Waals surface area contributed by atoms with Crippen LogP contribution in [0, 0.1) is 39.9 Å². The molecule has 4 heteroatoms. The molecule has 5 rings (SSSR count). The zero-order valence-electron chi connectivity index (χ0n) is 25.5. The molecule has 216 valence electrons. The minimum atomic E-state index is 0.272. The van der Waals surface area contributed by atoms with Crippen LogP contribution in [0.5, 0.6) is 0 Å². The summed E-state index contributed by atoms with van der Waals surface area (Å²) in [6, 6.07) is 0. The van der Waals surface area contributed by atoms with E-state index in [-0.39, 0.29) is 5.91 Å².